The summed E-state index contributed by atoms with van der Waals surface area (Å²) in [6.45, 7) is 3.22. The van der Waals surface area contributed by atoms with E-state index in [9.17, 15) is 14.0 Å². The number of rotatable bonds is 8. The summed E-state index contributed by atoms with van der Waals surface area (Å²) in [5.74, 6) is -0.505. The largest absolute Gasteiger partial charge is 0.488 e. The van der Waals surface area contributed by atoms with Crippen LogP contribution in [-0.4, -0.2) is 47.9 Å². The molecule has 2 aromatic heterocycles. The molecule has 2 amide bonds. The van der Waals surface area contributed by atoms with E-state index in [1.807, 2.05) is 29.8 Å². The molecule has 0 N–H and O–H groups in total. The molecule has 0 spiro atoms. The number of carbonyl (C=O) groups is 2. The van der Waals surface area contributed by atoms with Crippen LogP contribution in [0.2, 0.25) is 0 Å². The summed E-state index contributed by atoms with van der Waals surface area (Å²) in [7, 11) is 0. The molecular formula is C24H25FN2O3S2. The second-order valence-corrected chi connectivity index (χ2v) is 9.55. The summed E-state index contributed by atoms with van der Waals surface area (Å²) in [6, 6.07) is 11.6. The standard InChI is InChI=1S/C24H25FN2O3S2/c1-2-11-26(24(29)22-8-5-13-31-22)15-23(28)27-12-9-21-17(10-14-32-21)19(27)16-30-20-7-4-3-6-18(20)25/h3-8,10,13-14,19H,2,9,11-12,15-16H2,1H3/t19-/m1/s1. The summed E-state index contributed by atoms with van der Waals surface area (Å²) in [4.78, 5) is 31.5. The second kappa shape index (κ2) is 10.3. The minimum Gasteiger partial charge on any atom is -0.488 e. The Labute approximate surface area is 195 Å². The molecule has 8 heteroatoms. The molecule has 5 nitrogen and oxygen atoms in total. The molecule has 1 atom stereocenters. The van der Waals surface area contributed by atoms with Gasteiger partial charge in [0, 0.05) is 18.0 Å². The van der Waals surface area contributed by atoms with Gasteiger partial charge >= 0.3 is 0 Å². The number of hydrogen-bond acceptors (Lipinski definition) is 5. The van der Waals surface area contributed by atoms with Gasteiger partial charge in [-0.3, -0.25) is 9.59 Å². The van der Waals surface area contributed by atoms with Gasteiger partial charge in [-0.2, -0.15) is 0 Å². The van der Waals surface area contributed by atoms with E-state index in [0.717, 1.165) is 18.4 Å². The van der Waals surface area contributed by atoms with Crippen LogP contribution in [0.1, 0.15) is 39.5 Å². The van der Waals surface area contributed by atoms with Crippen molar-refractivity contribution in [3.05, 3.63) is 74.4 Å². The SMILES string of the molecule is CCCN(CC(=O)N1CCc2sccc2[C@H]1COc1ccccc1F)C(=O)c1cccs1. The molecule has 0 fully saturated rings. The van der Waals surface area contributed by atoms with Gasteiger partial charge in [-0.1, -0.05) is 25.1 Å². The molecule has 4 rings (SSSR count). The van der Waals surface area contributed by atoms with Gasteiger partial charge in [-0.15, -0.1) is 22.7 Å². The number of carbonyl (C=O) groups excluding carboxylic acids is 2. The van der Waals surface area contributed by atoms with E-state index in [1.165, 1.54) is 22.3 Å². The van der Waals surface area contributed by atoms with Crippen molar-refractivity contribution >= 4 is 34.5 Å². The molecule has 1 aliphatic heterocycles. The molecule has 0 bridgehead atoms. The molecular weight excluding hydrogens is 447 g/mol. The van der Waals surface area contributed by atoms with Crippen molar-refractivity contribution in [2.75, 3.05) is 26.2 Å². The van der Waals surface area contributed by atoms with E-state index in [4.69, 9.17) is 4.74 Å². The predicted octanol–water partition coefficient (Wildman–Crippen LogP) is 5.01. The van der Waals surface area contributed by atoms with Crippen LogP contribution in [0.3, 0.4) is 0 Å². The lowest BCUT2D eigenvalue weighted by Gasteiger charge is -2.37. The fourth-order valence-corrected chi connectivity index (χ4v) is 5.56. The number of para-hydroxylation sites is 1. The molecule has 0 aliphatic carbocycles. The van der Waals surface area contributed by atoms with Gasteiger partial charge in [-0.05, 0) is 53.4 Å². The van der Waals surface area contributed by atoms with Crippen molar-refractivity contribution < 1.29 is 18.7 Å². The number of thiophene rings is 2. The number of amides is 2. The number of fused-ring (bicyclic) bond motifs is 1. The first-order valence-corrected chi connectivity index (χ1v) is 12.4. The molecule has 0 unspecified atom stereocenters. The second-order valence-electron chi connectivity index (χ2n) is 7.60. The van der Waals surface area contributed by atoms with E-state index in [-0.39, 0.29) is 36.8 Å². The lowest BCUT2D eigenvalue weighted by atomic mass is 10.0. The normalized spacial score (nSPS) is 15.3. The Morgan fingerprint density at radius 1 is 1.16 bits per heavy atom. The number of nitrogens with zero attached hydrogens (tertiary/aromatic N) is 2. The van der Waals surface area contributed by atoms with Crippen LogP contribution in [0.25, 0.3) is 0 Å². The Morgan fingerprint density at radius 2 is 2.00 bits per heavy atom. The van der Waals surface area contributed by atoms with E-state index >= 15 is 0 Å². The van der Waals surface area contributed by atoms with Gasteiger partial charge in [0.15, 0.2) is 11.6 Å². The Morgan fingerprint density at radius 3 is 2.75 bits per heavy atom. The average Bonchev–Trinajstić information content (AvgIpc) is 3.49. The monoisotopic (exact) mass is 472 g/mol. The molecule has 0 saturated carbocycles. The maximum Gasteiger partial charge on any atom is 0.264 e. The third kappa shape index (κ3) is 4.86. The quantitative estimate of drug-likeness (QED) is 0.463. The lowest BCUT2D eigenvalue weighted by molar-refractivity contribution is -0.135. The van der Waals surface area contributed by atoms with Gasteiger partial charge in [0.2, 0.25) is 5.91 Å². The van der Waals surface area contributed by atoms with Crippen LogP contribution >= 0.6 is 22.7 Å². The van der Waals surface area contributed by atoms with E-state index in [1.54, 1.807) is 45.4 Å². The number of halogens is 1. The average molecular weight is 473 g/mol. The van der Waals surface area contributed by atoms with Crippen LogP contribution in [0, 0.1) is 5.82 Å². The van der Waals surface area contributed by atoms with Crippen molar-refractivity contribution in [2.45, 2.75) is 25.8 Å². The minimum absolute atomic E-state index is 0.0141. The van der Waals surface area contributed by atoms with Gasteiger partial charge in [-0.25, -0.2) is 4.39 Å². The highest BCUT2D eigenvalue weighted by Gasteiger charge is 2.33. The Balaban J connectivity index is 1.52. The van der Waals surface area contributed by atoms with Crippen molar-refractivity contribution in [3.63, 3.8) is 0 Å². The molecule has 3 heterocycles. The summed E-state index contributed by atoms with van der Waals surface area (Å²) in [5, 5.41) is 3.87. The maximum absolute atomic E-state index is 14.1. The highest BCUT2D eigenvalue weighted by molar-refractivity contribution is 7.12. The molecule has 0 saturated heterocycles. The van der Waals surface area contributed by atoms with Crippen molar-refractivity contribution in [1.29, 1.82) is 0 Å². The van der Waals surface area contributed by atoms with Crippen LogP contribution in [-0.2, 0) is 11.2 Å². The molecule has 1 aromatic carbocycles. The Hall–Kier alpha value is -2.71. The maximum atomic E-state index is 14.1. The molecule has 168 valence electrons. The third-order valence-electron chi connectivity index (χ3n) is 5.49. The van der Waals surface area contributed by atoms with Gasteiger partial charge in [0.1, 0.15) is 13.2 Å². The fourth-order valence-electron chi connectivity index (χ4n) is 3.94. The third-order valence-corrected chi connectivity index (χ3v) is 7.34. The molecule has 0 radical (unpaired) electrons. The summed E-state index contributed by atoms with van der Waals surface area (Å²) < 4.78 is 19.9. The van der Waals surface area contributed by atoms with E-state index < -0.39 is 5.82 Å². The Bertz CT molecular complexity index is 1070. The summed E-state index contributed by atoms with van der Waals surface area (Å²) >= 11 is 3.04. The predicted molar refractivity (Wildman–Crippen MR) is 125 cm³/mol. The number of ether oxygens (including phenoxy) is 1. The number of hydrogen-bond donors (Lipinski definition) is 0. The first kappa shape index (κ1) is 22.5. The fraction of sp³-hybridized carbons (Fsp3) is 0.333. The zero-order chi connectivity index (χ0) is 22.5. The van der Waals surface area contributed by atoms with Gasteiger partial charge in [0.05, 0.1) is 10.9 Å². The Kier molecular flexibility index (Phi) is 7.22. The minimum atomic E-state index is -0.428. The van der Waals surface area contributed by atoms with Crippen LogP contribution in [0.4, 0.5) is 4.39 Å². The highest BCUT2D eigenvalue weighted by atomic mass is 32.1. The first-order valence-electron chi connectivity index (χ1n) is 10.6. The smallest absolute Gasteiger partial charge is 0.264 e. The van der Waals surface area contributed by atoms with Crippen LogP contribution in [0.15, 0.2) is 53.2 Å². The zero-order valence-corrected chi connectivity index (χ0v) is 19.5. The summed E-state index contributed by atoms with van der Waals surface area (Å²) in [5.41, 5.74) is 1.04. The van der Waals surface area contributed by atoms with Crippen LogP contribution in [0.5, 0.6) is 5.75 Å². The lowest BCUT2D eigenvalue weighted by Crippen LogP contribution is -2.48. The zero-order valence-electron chi connectivity index (χ0n) is 17.8. The van der Waals surface area contributed by atoms with E-state index in [0.29, 0.717) is 18.0 Å². The van der Waals surface area contributed by atoms with Crippen LogP contribution < -0.4 is 4.74 Å². The highest BCUT2D eigenvalue weighted by Crippen LogP contribution is 2.34. The number of benzene rings is 1. The molecule has 3 aromatic rings. The van der Waals surface area contributed by atoms with Crippen molar-refractivity contribution in [1.82, 2.24) is 9.80 Å². The van der Waals surface area contributed by atoms with Gasteiger partial charge in [0.25, 0.3) is 5.91 Å². The molecule has 1 aliphatic rings. The van der Waals surface area contributed by atoms with Gasteiger partial charge < -0.3 is 14.5 Å². The first-order chi connectivity index (χ1) is 15.6. The topological polar surface area (TPSA) is 49.9 Å². The van der Waals surface area contributed by atoms with Crippen molar-refractivity contribution in [3.8, 4) is 5.75 Å². The summed E-state index contributed by atoms with van der Waals surface area (Å²) in [6.07, 6.45) is 1.53. The molecule has 32 heavy (non-hydrogen) atoms. The van der Waals surface area contributed by atoms with E-state index in [2.05, 4.69) is 0 Å². The van der Waals surface area contributed by atoms with Crippen molar-refractivity contribution in [2.24, 2.45) is 0 Å².